The second-order valence-electron chi connectivity index (χ2n) is 3.65. The van der Waals surface area contributed by atoms with Gasteiger partial charge in [0.25, 0.3) is 0 Å². The van der Waals surface area contributed by atoms with E-state index >= 15 is 0 Å². The summed E-state index contributed by atoms with van der Waals surface area (Å²) >= 11 is 0. The van der Waals surface area contributed by atoms with Crippen molar-refractivity contribution in [3.63, 3.8) is 0 Å². The molecule has 0 bridgehead atoms. The van der Waals surface area contributed by atoms with Crippen LogP contribution in [0.3, 0.4) is 0 Å². The summed E-state index contributed by atoms with van der Waals surface area (Å²) < 4.78 is 9.75. The minimum absolute atomic E-state index is 0.554. The average molecular weight is 224 g/mol. The highest BCUT2D eigenvalue weighted by Gasteiger charge is 2.34. The van der Waals surface area contributed by atoms with E-state index in [1.807, 2.05) is 24.3 Å². The third-order valence-electron chi connectivity index (χ3n) is 2.28. The smallest absolute Gasteiger partial charge is 0.347 e. The van der Waals surface area contributed by atoms with Gasteiger partial charge in [0.15, 0.2) is 0 Å². The molecule has 4 nitrogen and oxygen atoms in total. The van der Waals surface area contributed by atoms with Gasteiger partial charge in [0.2, 0.25) is 5.60 Å². The molecule has 0 aromatic carbocycles. The van der Waals surface area contributed by atoms with Crippen LogP contribution in [0.5, 0.6) is 0 Å². The van der Waals surface area contributed by atoms with Gasteiger partial charge >= 0.3 is 5.97 Å². The normalized spacial score (nSPS) is 26.1. The molecule has 0 fully saturated rings. The van der Waals surface area contributed by atoms with E-state index in [4.69, 9.17) is 14.6 Å². The van der Waals surface area contributed by atoms with Crippen molar-refractivity contribution in [3.05, 3.63) is 36.8 Å². The van der Waals surface area contributed by atoms with Gasteiger partial charge < -0.3 is 14.6 Å². The Morgan fingerprint density at radius 2 is 2.12 bits per heavy atom. The van der Waals surface area contributed by atoms with Crippen molar-refractivity contribution >= 4 is 5.97 Å². The van der Waals surface area contributed by atoms with Gasteiger partial charge in [0.1, 0.15) is 6.61 Å². The zero-order valence-electron chi connectivity index (χ0n) is 9.26. The largest absolute Gasteiger partial charge is 0.497 e. The average Bonchev–Trinajstić information content (AvgIpc) is 2.33. The Labute approximate surface area is 94.9 Å². The van der Waals surface area contributed by atoms with E-state index in [0.29, 0.717) is 6.42 Å². The van der Waals surface area contributed by atoms with Crippen LogP contribution in [0.1, 0.15) is 19.8 Å². The minimum Gasteiger partial charge on any atom is -0.497 e. The SMILES string of the molecule is C1=CCOC=C1.CC1(C(=O)O)CCC=CO1. The quantitative estimate of drug-likeness (QED) is 0.742. The fourth-order valence-electron chi connectivity index (χ4n) is 1.19. The van der Waals surface area contributed by atoms with Crippen LogP contribution in [-0.4, -0.2) is 23.3 Å². The molecule has 16 heavy (non-hydrogen) atoms. The van der Waals surface area contributed by atoms with E-state index in [-0.39, 0.29) is 0 Å². The van der Waals surface area contributed by atoms with Crippen molar-refractivity contribution in [1.82, 2.24) is 0 Å². The summed E-state index contributed by atoms with van der Waals surface area (Å²) in [5, 5.41) is 8.64. The molecule has 0 aliphatic carbocycles. The van der Waals surface area contributed by atoms with Crippen LogP contribution in [0.4, 0.5) is 0 Å². The van der Waals surface area contributed by atoms with Gasteiger partial charge in [-0.05, 0) is 31.6 Å². The highest BCUT2D eigenvalue weighted by Crippen LogP contribution is 2.22. The summed E-state index contributed by atoms with van der Waals surface area (Å²) in [6, 6.07) is 0. The molecule has 0 aromatic heterocycles. The van der Waals surface area contributed by atoms with E-state index in [1.165, 1.54) is 6.26 Å². The number of carbonyl (C=O) groups is 1. The van der Waals surface area contributed by atoms with Crippen molar-refractivity contribution in [2.45, 2.75) is 25.4 Å². The van der Waals surface area contributed by atoms with Crippen LogP contribution < -0.4 is 0 Å². The molecule has 1 atom stereocenters. The zero-order chi connectivity index (χ0) is 11.9. The van der Waals surface area contributed by atoms with Crippen LogP contribution in [0.2, 0.25) is 0 Å². The summed E-state index contributed by atoms with van der Waals surface area (Å²) in [5.41, 5.74) is -0.991. The topological polar surface area (TPSA) is 55.8 Å². The number of hydrogen-bond acceptors (Lipinski definition) is 3. The lowest BCUT2D eigenvalue weighted by Gasteiger charge is -2.26. The van der Waals surface area contributed by atoms with Gasteiger partial charge in [0, 0.05) is 6.42 Å². The minimum atomic E-state index is -0.991. The molecule has 0 spiro atoms. The molecule has 0 radical (unpaired) electrons. The lowest BCUT2D eigenvalue weighted by atomic mass is 9.99. The molecule has 4 heteroatoms. The predicted octanol–water partition coefficient (Wildman–Crippen LogP) is 2.24. The maximum absolute atomic E-state index is 10.5. The van der Waals surface area contributed by atoms with Gasteiger partial charge in [-0.1, -0.05) is 6.08 Å². The van der Waals surface area contributed by atoms with Gasteiger partial charge in [-0.15, -0.1) is 0 Å². The Hall–Kier alpha value is -1.71. The predicted molar refractivity (Wildman–Crippen MR) is 59.7 cm³/mol. The number of carboxylic acid groups (broad SMARTS) is 1. The molecule has 1 unspecified atom stereocenters. The number of hydrogen-bond donors (Lipinski definition) is 1. The fraction of sp³-hybridized carbons (Fsp3) is 0.417. The Morgan fingerprint density at radius 3 is 2.38 bits per heavy atom. The standard InChI is InChI=1S/C7H10O3.C5H6O/c1-7(6(8)9)4-2-3-5-10-7;1-2-4-6-5-3-1/h3,5H,2,4H2,1H3,(H,8,9);1-4H,5H2. The summed E-state index contributed by atoms with van der Waals surface area (Å²) in [6.45, 7) is 2.31. The molecule has 0 saturated carbocycles. The fourth-order valence-corrected chi connectivity index (χ4v) is 1.19. The van der Waals surface area contributed by atoms with Crippen LogP contribution in [0.25, 0.3) is 0 Å². The Morgan fingerprint density at radius 1 is 1.31 bits per heavy atom. The number of aliphatic carboxylic acids is 1. The Balaban J connectivity index is 0.000000181. The molecule has 2 aliphatic rings. The first-order chi connectivity index (χ1) is 7.65. The number of rotatable bonds is 1. The molecule has 88 valence electrons. The van der Waals surface area contributed by atoms with Crippen molar-refractivity contribution in [1.29, 1.82) is 0 Å². The highest BCUT2D eigenvalue weighted by atomic mass is 16.5. The first-order valence-corrected chi connectivity index (χ1v) is 5.15. The molecule has 0 aromatic rings. The van der Waals surface area contributed by atoms with Crippen molar-refractivity contribution in [2.75, 3.05) is 6.61 Å². The Kier molecular flexibility index (Phi) is 4.64. The lowest BCUT2D eigenvalue weighted by molar-refractivity contribution is -0.158. The molecular weight excluding hydrogens is 208 g/mol. The molecule has 2 aliphatic heterocycles. The maximum atomic E-state index is 10.5. The van der Waals surface area contributed by atoms with Gasteiger partial charge in [-0.25, -0.2) is 4.79 Å². The van der Waals surface area contributed by atoms with E-state index in [2.05, 4.69) is 0 Å². The number of allylic oxidation sites excluding steroid dienone is 3. The Bertz CT molecular complexity index is 305. The van der Waals surface area contributed by atoms with E-state index in [9.17, 15) is 4.79 Å². The third-order valence-corrected chi connectivity index (χ3v) is 2.28. The second-order valence-corrected chi connectivity index (χ2v) is 3.65. The van der Waals surface area contributed by atoms with Crippen molar-refractivity contribution in [2.24, 2.45) is 0 Å². The molecule has 2 rings (SSSR count). The highest BCUT2D eigenvalue weighted by molar-refractivity contribution is 5.77. The maximum Gasteiger partial charge on any atom is 0.347 e. The van der Waals surface area contributed by atoms with Gasteiger partial charge in [-0.3, -0.25) is 0 Å². The zero-order valence-corrected chi connectivity index (χ0v) is 9.26. The van der Waals surface area contributed by atoms with E-state index in [1.54, 1.807) is 13.2 Å². The van der Waals surface area contributed by atoms with Crippen LogP contribution >= 0.6 is 0 Å². The van der Waals surface area contributed by atoms with Gasteiger partial charge in [0.05, 0.1) is 12.5 Å². The molecule has 0 amide bonds. The summed E-state index contributed by atoms with van der Waals surface area (Å²) in [7, 11) is 0. The lowest BCUT2D eigenvalue weighted by Crippen LogP contribution is -2.37. The number of carboxylic acids is 1. The van der Waals surface area contributed by atoms with Crippen LogP contribution in [-0.2, 0) is 14.3 Å². The summed E-state index contributed by atoms with van der Waals surface area (Å²) in [5.74, 6) is -0.892. The van der Waals surface area contributed by atoms with Crippen LogP contribution in [0.15, 0.2) is 36.8 Å². The first-order valence-electron chi connectivity index (χ1n) is 5.15. The molecule has 1 N–H and O–H groups in total. The van der Waals surface area contributed by atoms with E-state index < -0.39 is 11.6 Å². The number of ether oxygens (including phenoxy) is 2. The van der Waals surface area contributed by atoms with Gasteiger partial charge in [-0.2, -0.15) is 0 Å². The first kappa shape index (κ1) is 12.4. The van der Waals surface area contributed by atoms with Crippen LogP contribution in [0, 0.1) is 0 Å². The summed E-state index contributed by atoms with van der Waals surface area (Å²) in [6.07, 6.45) is 12.1. The molecule has 2 heterocycles. The molecule has 0 saturated heterocycles. The van der Waals surface area contributed by atoms with Crippen molar-refractivity contribution in [3.8, 4) is 0 Å². The summed E-state index contributed by atoms with van der Waals surface area (Å²) in [4.78, 5) is 10.5. The molecular formula is C12H16O4. The monoisotopic (exact) mass is 224 g/mol. The van der Waals surface area contributed by atoms with E-state index in [0.717, 1.165) is 13.0 Å². The van der Waals surface area contributed by atoms with Crippen molar-refractivity contribution < 1.29 is 19.4 Å². The third kappa shape index (κ3) is 3.81. The second kappa shape index (κ2) is 6.00.